The molecule has 0 saturated heterocycles. The van der Waals surface area contributed by atoms with Gasteiger partial charge in [0, 0.05) is 5.56 Å². The van der Waals surface area contributed by atoms with Crippen LogP contribution in [0.5, 0.6) is 5.75 Å². The van der Waals surface area contributed by atoms with Crippen LogP contribution in [0.25, 0.3) is 22.3 Å². The molecule has 0 aliphatic rings. The summed E-state index contributed by atoms with van der Waals surface area (Å²) in [5.74, 6) is -0.944. The van der Waals surface area contributed by atoms with Gasteiger partial charge in [0.15, 0.2) is 12.4 Å². The molecular formula is C23H17FN2O4. The lowest BCUT2D eigenvalue weighted by atomic mass is 10.1. The second kappa shape index (κ2) is 8.48. The molecule has 0 unspecified atom stereocenters. The number of amides is 1. The van der Waals surface area contributed by atoms with Gasteiger partial charge < -0.3 is 9.15 Å². The van der Waals surface area contributed by atoms with Gasteiger partial charge >= 0.3 is 0 Å². The minimum atomic E-state index is -0.593. The number of hydrogen-bond acceptors (Lipinski definition) is 5. The molecule has 0 bridgehead atoms. The van der Waals surface area contributed by atoms with E-state index in [4.69, 9.17) is 9.15 Å². The highest BCUT2D eigenvalue weighted by molar-refractivity contribution is 5.83. The van der Waals surface area contributed by atoms with Gasteiger partial charge in [-0.25, -0.2) is 4.39 Å². The zero-order valence-electron chi connectivity index (χ0n) is 15.7. The van der Waals surface area contributed by atoms with Crippen molar-refractivity contribution in [2.75, 3.05) is 12.0 Å². The molecule has 0 saturated carbocycles. The Kier molecular flexibility index (Phi) is 5.43. The van der Waals surface area contributed by atoms with Crippen LogP contribution in [0.2, 0.25) is 0 Å². The monoisotopic (exact) mass is 404 g/mol. The normalized spacial score (nSPS) is 10.6. The third-order valence-electron chi connectivity index (χ3n) is 4.35. The van der Waals surface area contributed by atoms with Crippen molar-refractivity contribution in [1.82, 2.24) is 5.43 Å². The molecule has 2 N–H and O–H groups in total. The van der Waals surface area contributed by atoms with E-state index in [1.165, 1.54) is 18.2 Å². The molecular weight excluding hydrogens is 387 g/mol. The lowest BCUT2D eigenvalue weighted by molar-refractivity contribution is -0.122. The van der Waals surface area contributed by atoms with Crippen LogP contribution in [0.3, 0.4) is 0 Å². The van der Waals surface area contributed by atoms with Crippen molar-refractivity contribution in [3.8, 4) is 17.1 Å². The number of hydrogen-bond donors (Lipinski definition) is 2. The Morgan fingerprint density at radius 1 is 0.933 bits per heavy atom. The van der Waals surface area contributed by atoms with Crippen LogP contribution in [0.1, 0.15) is 0 Å². The second-order valence-corrected chi connectivity index (χ2v) is 6.39. The van der Waals surface area contributed by atoms with Crippen molar-refractivity contribution >= 4 is 22.6 Å². The lowest BCUT2D eigenvalue weighted by Gasteiger charge is -2.12. The molecule has 30 heavy (non-hydrogen) atoms. The highest BCUT2D eigenvalue weighted by atomic mass is 19.1. The Bertz CT molecular complexity index is 1260. The molecule has 3 aromatic carbocycles. The van der Waals surface area contributed by atoms with Crippen molar-refractivity contribution in [3.63, 3.8) is 0 Å². The molecule has 6 nitrogen and oxygen atoms in total. The number of fused-ring (bicyclic) bond motifs is 1. The third-order valence-corrected chi connectivity index (χ3v) is 4.35. The smallest absolute Gasteiger partial charge is 0.276 e. The average Bonchev–Trinajstić information content (AvgIpc) is 2.78. The predicted octanol–water partition coefficient (Wildman–Crippen LogP) is 4.12. The van der Waals surface area contributed by atoms with Crippen LogP contribution >= 0.6 is 0 Å². The van der Waals surface area contributed by atoms with Crippen molar-refractivity contribution < 1.29 is 18.3 Å². The summed E-state index contributed by atoms with van der Waals surface area (Å²) < 4.78 is 25.1. The summed E-state index contributed by atoms with van der Waals surface area (Å²) in [5.41, 5.74) is 5.61. The highest BCUT2D eigenvalue weighted by Crippen LogP contribution is 2.30. The van der Waals surface area contributed by atoms with Crippen LogP contribution in [-0.2, 0) is 4.79 Å². The SMILES string of the molecule is O=C(COc1c(-c2ccccc2)oc2ccccc2c1=O)NNc1ccccc1F. The summed E-state index contributed by atoms with van der Waals surface area (Å²) in [6, 6.07) is 21.7. The minimum absolute atomic E-state index is 0.0686. The largest absolute Gasteiger partial charge is 0.476 e. The fraction of sp³-hybridized carbons (Fsp3) is 0.0435. The van der Waals surface area contributed by atoms with Gasteiger partial charge in [-0.15, -0.1) is 0 Å². The van der Waals surface area contributed by atoms with Gasteiger partial charge in [-0.2, -0.15) is 0 Å². The molecule has 4 aromatic rings. The first kappa shape index (κ1) is 19.2. The van der Waals surface area contributed by atoms with Crippen molar-refractivity contribution in [2.45, 2.75) is 0 Å². The lowest BCUT2D eigenvalue weighted by Crippen LogP contribution is -2.34. The zero-order valence-corrected chi connectivity index (χ0v) is 15.7. The topological polar surface area (TPSA) is 80.6 Å². The molecule has 0 atom stereocenters. The third kappa shape index (κ3) is 4.00. The Hall–Kier alpha value is -4.13. The van der Waals surface area contributed by atoms with Crippen molar-refractivity contribution in [1.29, 1.82) is 0 Å². The van der Waals surface area contributed by atoms with Crippen molar-refractivity contribution in [3.05, 3.63) is 94.9 Å². The Balaban J connectivity index is 1.58. The van der Waals surface area contributed by atoms with Gasteiger partial charge in [-0.1, -0.05) is 54.6 Å². The molecule has 150 valence electrons. The van der Waals surface area contributed by atoms with Crippen LogP contribution < -0.4 is 21.0 Å². The predicted molar refractivity (Wildman–Crippen MR) is 112 cm³/mol. The number of benzene rings is 3. The van der Waals surface area contributed by atoms with Gasteiger partial charge in [0.1, 0.15) is 11.4 Å². The molecule has 0 aliphatic heterocycles. The van der Waals surface area contributed by atoms with E-state index in [9.17, 15) is 14.0 Å². The number of hydrazine groups is 1. The van der Waals surface area contributed by atoms with E-state index in [2.05, 4.69) is 10.9 Å². The van der Waals surface area contributed by atoms with E-state index in [1.807, 2.05) is 6.07 Å². The number of rotatable bonds is 6. The molecule has 1 aromatic heterocycles. The van der Waals surface area contributed by atoms with Crippen LogP contribution in [-0.4, -0.2) is 12.5 Å². The molecule has 1 heterocycles. The van der Waals surface area contributed by atoms with Gasteiger partial charge in [0.05, 0.1) is 11.1 Å². The molecule has 1 amide bonds. The fourth-order valence-corrected chi connectivity index (χ4v) is 2.91. The number of para-hydroxylation sites is 2. The van der Waals surface area contributed by atoms with Crippen LogP contribution in [0.15, 0.2) is 88.1 Å². The van der Waals surface area contributed by atoms with Crippen molar-refractivity contribution in [2.24, 2.45) is 0 Å². The van der Waals surface area contributed by atoms with Crippen LogP contribution in [0, 0.1) is 5.82 Å². The summed E-state index contributed by atoms with van der Waals surface area (Å²) in [6.07, 6.45) is 0. The highest BCUT2D eigenvalue weighted by Gasteiger charge is 2.18. The van der Waals surface area contributed by atoms with Gasteiger partial charge in [0.25, 0.3) is 5.91 Å². The fourth-order valence-electron chi connectivity index (χ4n) is 2.91. The first-order valence-corrected chi connectivity index (χ1v) is 9.17. The summed E-state index contributed by atoms with van der Waals surface area (Å²) in [6.45, 7) is -0.468. The van der Waals surface area contributed by atoms with Gasteiger partial charge in [0.2, 0.25) is 11.2 Å². The maximum Gasteiger partial charge on any atom is 0.276 e. The Labute approximate surface area is 170 Å². The molecule has 0 radical (unpaired) electrons. The Morgan fingerprint density at radius 2 is 1.63 bits per heavy atom. The first-order valence-electron chi connectivity index (χ1n) is 9.17. The van der Waals surface area contributed by atoms with E-state index in [0.29, 0.717) is 16.5 Å². The quantitative estimate of drug-likeness (QED) is 0.473. The number of anilines is 1. The molecule has 4 rings (SSSR count). The standard InChI is InChI=1S/C23H17FN2O4/c24-17-11-5-6-12-18(17)25-26-20(27)14-29-23-21(28)16-10-4-7-13-19(16)30-22(23)15-8-2-1-3-9-15/h1-13,25H,14H2,(H,26,27). The maximum absolute atomic E-state index is 13.6. The van der Waals surface area contributed by atoms with E-state index < -0.39 is 18.3 Å². The number of carbonyl (C=O) groups excluding carboxylic acids is 1. The number of ether oxygens (including phenoxy) is 1. The molecule has 0 aliphatic carbocycles. The average molecular weight is 404 g/mol. The summed E-state index contributed by atoms with van der Waals surface area (Å²) in [5, 5.41) is 0.345. The van der Waals surface area contributed by atoms with Gasteiger partial charge in [-0.3, -0.25) is 20.4 Å². The van der Waals surface area contributed by atoms with E-state index in [0.717, 1.165) is 0 Å². The van der Waals surface area contributed by atoms with E-state index in [1.54, 1.807) is 54.6 Å². The maximum atomic E-state index is 13.6. The molecule has 0 fully saturated rings. The van der Waals surface area contributed by atoms with E-state index in [-0.39, 0.29) is 22.6 Å². The summed E-state index contributed by atoms with van der Waals surface area (Å²) >= 11 is 0. The molecule has 7 heteroatoms. The van der Waals surface area contributed by atoms with Crippen LogP contribution in [0.4, 0.5) is 10.1 Å². The number of carbonyl (C=O) groups is 1. The molecule has 0 spiro atoms. The minimum Gasteiger partial charge on any atom is -0.476 e. The number of halogens is 1. The zero-order chi connectivity index (χ0) is 20.9. The number of nitrogens with one attached hydrogen (secondary N) is 2. The van der Waals surface area contributed by atoms with E-state index >= 15 is 0 Å². The summed E-state index contributed by atoms with van der Waals surface area (Å²) in [4.78, 5) is 25.1. The van der Waals surface area contributed by atoms with Gasteiger partial charge in [-0.05, 0) is 24.3 Å². The first-order chi connectivity index (χ1) is 14.6. The second-order valence-electron chi connectivity index (χ2n) is 6.39. The Morgan fingerprint density at radius 3 is 2.43 bits per heavy atom. The summed E-state index contributed by atoms with van der Waals surface area (Å²) in [7, 11) is 0.